The number of benzene rings is 3. The lowest BCUT2D eigenvalue weighted by Crippen LogP contribution is -2.36. The average Bonchev–Trinajstić information content (AvgIpc) is 3.69. The van der Waals surface area contributed by atoms with E-state index in [1.807, 2.05) is 59.1 Å². The van der Waals surface area contributed by atoms with Crippen LogP contribution >= 0.6 is 0 Å². The fourth-order valence-corrected chi connectivity index (χ4v) is 4.87. The zero-order chi connectivity index (χ0) is 31.6. The molecule has 0 saturated carbocycles. The van der Waals surface area contributed by atoms with E-state index in [4.69, 9.17) is 14.8 Å². The lowest BCUT2D eigenvalue weighted by Gasteiger charge is -2.27. The molecule has 0 aliphatic carbocycles. The maximum absolute atomic E-state index is 12.5. The molecular weight excluding hydrogens is 556 g/mol. The molecule has 0 fully saturated rings. The zero-order valence-corrected chi connectivity index (χ0v) is 25.8. The number of nitrogens with one attached hydrogen (secondary N) is 3. The fourth-order valence-electron chi connectivity index (χ4n) is 4.87. The number of hydrogen-bond donors (Lipinski definition) is 4. The molecule has 3 aromatic carbocycles. The fraction of sp³-hybridized carbons (Fsp3) is 0.294. The van der Waals surface area contributed by atoms with Crippen LogP contribution in [0.15, 0.2) is 73.1 Å². The molecule has 2 heterocycles. The van der Waals surface area contributed by atoms with Gasteiger partial charge in [0.15, 0.2) is 0 Å². The third-order valence-electron chi connectivity index (χ3n) is 7.53. The molecule has 5 aromatic rings. The number of nitrogens with zero attached hydrogens (tertiary/aromatic N) is 3. The average molecular weight is 595 g/mol. The summed E-state index contributed by atoms with van der Waals surface area (Å²) in [5, 5.41) is 13.5. The number of rotatable bonds is 8. The Morgan fingerprint density at radius 1 is 0.841 bits per heavy atom. The predicted octanol–water partition coefficient (Wildman–Crippen LogP) is 7.59. The van der Waals surface area contributed by atoms with E-state index in [0.29, 0.717) is 12.4 Å². The van der Waals surface area contributed by atoms with Gasteiger partial charge in [0.1, 0.15) is 17.2 Å². The molecule has 44 heavy (non-hydrogen) atoms. The van der Waals surface area contributed by atoms with Crippen LogP contribution in [0.5, 0.6) is 0 Å². The number of amides is 2. The van der Waals surface area contributed by atoms with Crippen molar-refractivity contribution in [1.29, 1.82) is 0 Å². The summed E-state index contributed by atoms with van der Waals surface area (Å²) in [6.45, 7) is 9.67. The summed E-state index contributed by atoms with van der Waals surface area (Å²) in [6.07, 6.45) is 2.27. The molecule has 0 aliphatic heterocycles. The summed E-state index contributed by atoms with van der Waals surface area (Å²) in [4.78, 5) is 40.6. The highest BCUT2D eigenvalue weighted by Crippen LogP contribution is 2.30. The summed E-state index contributed by atoms with van der Waals surface area (Å²) in [5.41, 5.74) is 5.21. The first-order valence-electron chi connectivity index (χ1n) is 14.6. The first kappa shape index (κ1) is 30.3. The second-order valence-electron chi connectivity index (χ2n) is 12.1. The third-order valence-corrected chi connectivity index (χ3v) is 7.53. The first-order valence-corrected chi connectivity index (χ1v) is 14.6. The van der Waals surface area contributed by atoms with Crippen molar-refractivity contribution in [2.45, 2.75) is 52.2 Å². The van der Waals surface area contributed by atoms with Crippen LogP contribution in [0, 0.1) is 0 Å². The Morgan fingerprint density at radius 3 is 2.00 bits per heavy atom. The summed E-state index contributed by atoms with van der Waals surface area (Å²) >= 11 is 0. The van der Waals surface area contributed by atoms with Gasteiger partial charge in [-0.25, -0.2) is 19.6 Å². The van der Waals surface area contributed by atoms with Gasteiger partial charge in [-0.15, -0.1) is 0 Å². The number of aromatic nitrogens is 4. The lowest BCUT2D eigenvalue weighted by atomic mass is 9.98. The van der Waals surface area contributed by atoms with Gasteiger partial charge in [-0.05, 0) is 61.7 Å². The van der Waals surface area contributed by atoms with E-state index in [2.05, 4.69) is 68.8 Å². The topological polar surface area (TPSA) is 136 Å². The van der Waals surface area contributed by atoms with Gasteiger partial charge in [0.25, 0.3) is 0 Å². The highest BCUT2D eigenvalue weighted by atomic mass is 16.6. The minimum Gasteiger partial charge on any atom is -0.465 e. The Morgan fingerprint density at radius 2 is 1.36 bits per heavy atom. The molecule has 0 spiro atoms. The molecule has 2 aromatic heterocycles. The van der Waals surface area contributed by atoms with Gasteiger partial charge in [0.05, 0.1) is 17.4 Å². The molecule has 4 N–H and O–H groups in total. The van der Waals surface area contributed by atoms with Gasteiger partial charge in [0, 0.05) is 43.0 Å². The van der Waals surface area contributed by atoms with Gasteiger partial charge in [0.2, 0.25) is 0 Å². The van der Waals surface area contributed by atoms with E-state index < -0.39 is 17.8 Å². The van der Waals surface area contributed by atoms with Crippen molar-refractivity contribution in [2.24, 2.45) is 0 Å². The highest BCUT2D eigenvalue weighted by molar-refractivity contribution is 5.90. The molecule has 228 valence electrons. The Bertz CT molecular complexity index is 1780. The van der Waals surface area contributed by atoms with E-state index in [-0.39, 0.29) is 12.0 Å². The maximum atomic E-state index is 12.5. The molecule has 0 bridgehead atoms. The number of ether oxygens (including phenoxy) is 1. The molecule has 10 heteroatoms. The second kappa shape index (κ2) is 12.2. The predicted molar refractivity (Wildman–Crippen MR) is 171 cm³/mol. The quantitative estimate of drug-likeness (QED) is 0.146. The van der Waals surface area contributed by atoms with Crippen LogP contribution in [-0.2, 0) is 4.74 Å². The number of fused-ring (bicyclic) bond motifs is 1. The number of carbonyl (C=O) groups is 2. The SMILES string of the molecule is C[C@@H](CNC(=O)O)c1nc(-c2ccc(-c3ccc4cc(-c5c[nH]c([C@H](C)N(C)C(=O)OC(C)(C)C)n5)ccc4c3)cc2)c[nH]1. The highest BCUT2D eigenvalue weighted by Gasteiger charge is 2.25. The number of carbonyl (C=O) groups excluding carboxylic acids is 1. The Kier molecular flexibility index (Phi) is 8.44. The largest absolute Gasteiger partial charge is 0.465 e. The van der Waals surface area contributed by atoms with Crippen LogP contribution in [0.4, 0.5) is 9.59 Å². The van der Waals surface area contributed by atoms with Crippen LogP contribution < -0.4 is 5.32 Å². The van der Waals surface area contributed by atoms with E-state index in [1.54, 1.807) is 7.05 Å². The van der Waals surface area contributed by atoms with E-state index in [1.165, 1.54) is 4.90 Å². The molecule has 0 saturated heterocycles. The van der Waals surface area contributed by atoms with Crippen molar-refractivity contribution in [3.63, 3.8) is 0 Å². The molecule has 2 amide bonds. The van der Waals surface area contributed by atoms with Crippen molar-refractivity contribution in [1.82, 2.24) is 30.2 Å². The minimum atomic E-state index is -1.05. The molecule has 0 unspecified atom stereocenters. The molecule has 0 aliphatic rings. The van der Waals surface area contributed by atoms with Crippen molar-refractivity contribution in [3.8, 4) is 33.6 Å². The first-order chi connectivity index (χ1) is 20.9. The zero-order valence-electron chi connectivity index (χ0n) is 25.8. The van der Waals surface area contributed by atoms with Crippen LogP contribution in [0.2, 0.25) is 0 Å². The van der Waals surface area contributed by atoms with Gasteiger partial charge in [-0.3, -0.25) is 0 Å². The molecular formula is C34H38N6O4. The molecule has 5 rings (SSSR count). The van der Waals surface area contributed by atoms with Crippen molar-refractivity contribution < 1.29 is 19.4 Å². The van der Waals surface area contributed by atoms with Gasteiger partial charge in [-0.1, -0.05) is 55.5 Å². The van der Waals surface area contributed by atoms with E-state index in [9.17, 15) is 9.59 Å². The van der Waals surface area contributed by atoms with Gasteiger partial charge >= 0.3 is 12.2 Å². The third kappa shape index (κ3) is 6.91. The van der Waals surface area contributed by atoms with Crippen LogP contribution in [0.25, 0.3) is 44.4 Å². The number of carboxylic acid groups (broad SMARTS) is 1. The summed E-state index contributed by atoms with van der Waals surface area (Å²) < 4.78 is 5.50. The minimum absolute atomic E-state index is 0.0678. The summed E-state index contributed by atoms with van der Waals surface area (Å²) in [5.74, 6) is 1.35. The molecule has 10 nitrogen and oxygen atoms in total. The van der Waals surface area contributed by atoms with Crippen molar-refractivity contribution in [3.05, 3.63) is 84.7 Å². The number of H-pyrrole nitrogens is 2. The monoisotopic (exact) mass is 594 g/mol. The molecule has 0 radical (unpaired) electrons. The van der Waals surface area contributed by atoms with Gasteiger partial charge in [-0.2, -0.15) is 0 Å². The van der Waals surface area contributed by atoms with Crippen molar-refractivity contribution in [2.75, 3.05) is 13.6 Å². The number of aromatic amines is 2. The van der Waals surface area contributed by atoms with Crippen molar-refractivity contribution >= 4 is 23.0 Å². The number of hydrogen-bond acceptors (Lipinski definition) is 5. The van der Waals surface area contributed by atoms with E-state index in [0.717, 1.165) is 50.2 Å². The standard InChI is InChI=1S/C34H38N6O4/c1-20(17-37-32(41)42)30-35-18-28(38-30)23-9-7-22(8-10-23)24-11-12-26-16-27(14-13-25(26)15-24)29-19-36-31(39-29)21(2)40(6)33(43)44-34(3,4)5/h7-16,18-21,37H,17H2,1-6H3,(H,35,38)(H,36,39)(H,41,42)/t20-,21-/m0/s1. The maximum Gasteiger partial charge on any atom is 0.410 e. The Balaban J connectivity index is 1.28. The van der Waals surface area contributed by atoms with Crippen LogP contribution in [0.1, 0.15) is 58.2 Å². The van der Waals surface area contributed by atoms with E-state index >= 15 is 0 Å². The lowest BCUT2D eigenvalue weighted by molar-refractivity contribution is 0.0227. The Hall–Kier alpha value is -5.12. The number of imidazole rings is 2. The van der Waals surface area contributed by atoms with Crippen LogP contribution in [-0.4, -0.2) is 61.3 Å². The summed E-state index contributed by atoms with van der Waals surface area (Å²) in [6, 6.07) is 20.6. The summed E-state index contributed by atoms with van der Waals surface area (Å²) in [7, 11) is 1.71. The molecule has 2 atom stereocenters. The smallest absolute Gasteiger partial charge is 0.410 e. The van der Waals surface area contributed by atoms with Crippen LogP contribution in [0.3, 0.4) is 0 Å². The normalized spacial score (nSPS) is 13.0. The Labute approximate surface area is 256 Å². The second-order valence-corrected chi connectivity index (χ2v) is 12.1. The van der Waals surface area contributed by atoms with Gasteiger partial charge < -0.3 is 30.0 Å².